The molecule has 0 aliphatic carbocycles. The Morgan fingerprint density at radius 1 is 0.969 bits per heavy atom. The Balaban J connectivity index is 1.38. The lowest BCUT2D eigenvalue weighted by atomic mass is 9.85. The van der Waals surface area contributed by atoms with Gasteiger partial charge < -0.3 is 15.0 Å². The lowest BCUT2D eigenvalue weighted by Gasteiger charge is -2.31. The Kier molecular flexibility index (Phi) is 6.71. The van der Waals surface area contributed by atoms with Crippen molar-refractivity contribution in [2.75, 3.05) is 44.3 Å². The number of amides is 1. The Bertz CT molecular complexity index is 899. The van der Waals surface area contributed by atoms with Gasteiger partial charge in [0.1, 0.15) is 0 Å². The van der Waals surface area contributed by atoms with Crippen LogP contribution in [0.15, 0.2) is 54.6 Å². The highest BCUT2D eigenvalue weighted by Crippen LogP contribution is 2.46. The number of benzene rings is 2. The first-order valence-electron chi connectivity index (χ1n) is 10.9. The number of nitrogens with zero attached hydrogens (tertiary/aromatic N) is 2. The molecular formula is C24H28F3N3O2. The number of morpholine rings is 1. The Morgan fingerprint density at radius 3 is 2.31 bits per heavy atom. The number of ether oxygens (including phenoxy) is 1. The van der Waals surface area contributed by atoms with Crippen LogP contribution in [0.4, 0.5) is 18.9 Å². The van der Waals surface area contributed by atoms with Gasteiger partial charge in [0.25, 0.3) is 0 Å². The fourth-order valence-electron chi connectivity index (χ4n) is 4.41. The van der Waals surface area contributed by atoms with Crippen LogP contribution in [0.1, 0.15) is 17.5 Å². The van der Waals surface area contributed by atoms with Crippen molar-refractivity contribution in [3.63, 3.8) is 0 Å². The van der Waals surface area contributed by atoms with Crippen molar-refractivity contribution < 1.29 is 22.7 Å². The van der Waals surface area contributed by atoms with Crippen LogP contribution in [0, 0.1) is 5.41 Å². The van der Waals surface area contributed by atoms with E-state index in [4.69, 9.17) is 4.74 Å². The minimum atomic E-state index is -4.61. The summed E-state index contributed by atoms with van der Waals surface area (Å²) in [6.45, 7) is 3.35. The largest absolute Gasteiger partial charge is 0.404 e. The molecule has 2 aromatic carbocycles. The molecule has 0 spiro atoms. The van der Waals surface area contributed by atoms with Crippen molar-refractivity contribution in [3.8, 4) is 0 Å². The first-order chi connectivity index (χ1) is 15.4. The maximum Gasteiger partial charge on any atom is 0.404 e. The monoisotopic (exact) mass is 447 g/mol. The molecular weight excluding hydrogens is 419 g/mol. The van der Waals surface area contributed by atoms with Gasteiger partial charge in [0.2, 0.25) is 5.91 Å². The zero-order valence-electron chi connectivity index (χ0n) is 17.9. The third-order valence-corrected chi connectivity index (χ3v) is 6.34. The normalized spacial score (nSPS) is 22.2. The molecule has 0 radical (unpaired) electrons. The summed E-state index contributed by atoms with van der Waals surface area (Å²) in [4.78, 5) is 16.7. The molecule has 0 saturated carbocycles. The molecule has 2 aliphatic heterocycles. The van der Waals surface area contributed by atoms with Crippen molar-refractivity contribution in [3.05, 3.63) is 65.7 Å². The number of hydrogen-bond donors (Lipinski definition) is 1. The molecule has 1 unspecified atom stereocenters. The van der Waals surface area contributed by atoms with Crippen molar-refractivity contribution >= 4 is 11.6 Å². The van der Waals surface area contributed by atoms with Crippen LogP contribution in [0.2, 0.25) is 0 Å². The van der Waals surface area contributed by atoms with Crippen molar-refractivity contribution in [1.82, 2.24) is 10.2 Å². The standard InChI is InChI=1S/C24H28F3N3O2/c25-24(26,27)23(10-11-29(18-23)17-20-4-2-1-3-5-20)22(31)28-16-19-6-8-21(9-7-19)30-12-14-32-15-13-30/h1-9H,10-18H2,(H,28,31). The minimum absolute atomic E-state index is 0.0682. The number of nitrogens with one attached hydrogen (secondary N) is 1. The topological polar surface area (TPSA) is 44.8 Å². The fourth-order valence-corrected chi connectivity index (χ4v) is 4.41. The highest BCUT2D eigenvalue weighted by atomic mass is 19.4. The lowest BCUT2D eigenvalue weighted by Crippen LogP contribution is -2.52. The van der Waals surface area contributed by atoms with E-state index in [0.717, 1.165) is 29.9 Å². The van der Waals surface area contributed by atoms with Gasteiger partial charge in [0, 0.05) is 38.4 Å². The van der Waals surface area contributed by atoms with Crippen LogP contribution in [0.3, 0.4) is 0 Å². The minimum Gasteiger partial charge on any atom is -0.378 e. The van der Waals surface area contributed by atoms with Gasteiger partial charge in [-0.2, -0.15) is 13.2 Å². The third kappa shape index (κ3) is 4.91. The van der Waals surface area contributed by atoms with Crippen LogP contribution in [-0.2, 0) is 22.6 Å². The molecule has 2 fully saturated rings. The predicted octanol–water partition coefficient (Wildman–Crippen LogP) is 3.59. The van der Waals surface area contributed by atoms with Gasteiger partial charge in [-0.15, -0.1) is 0 Å². The highest BCUT2D eigenvalue weighted by molar-refractivity contribution is 5.84. The summed E-state index contributed by atoms with van der Waals surface area (Å²) in [6, 6.07) is 16.9. The summed E-state index contributed by atoms with van der Waals surface area (Å²) in [5.74, 6) is -0.946. The summed E-state index contributed by atoms with van der Waals surface area (Å²) in [7, 11) is 0. The van der Waals surface area contributed by atoms with E-state index >= 15 is 0 Å². The molecule has 172 valence electrons. The Morgan fingerprint density at radius 2 is 1.66 bits per heavy atom. The maximum atomic E-state index is 14.1. The number of hydrogen-bond acceptors (Lipinski definition) is 4. The van der Waals surface area contributed by atoms with E-state index in [0.29, 0.717) is 19.8 Å². The summed E-state index contributed by atoms with van der Waals surface area (Å²) < 4.78 is 47.5. The number of carbonyl (C=O) groups excluding carboxylic acids is 1. The molecule has 5 nitrogen and oxygen atoms in total. The van der Waals surface area contributed by atoms with Gasteiger partial charge in [-0.3, -0.25) is 9.69 Å². The molecule has 2 aromatic rings. The van der Waals surface area contributed by atoms with E-state index in [-0.39, 0.29) is 26.1 Å². The SMILES string of the molecule is O=C(NCc1ccc(N2CCOCC2)cc1)C1(C(F)(F)F)CCN(Cc2ccccc2)C1. The van der Waals surface area contributed by atoms with Gasteiger partial charge in [-0.1, -0.05) is 42.5 Å². The highest BCUT2D eigenvalue weighted by Gasteiger charge is 2.62. The number of rotatable bonds is 6. The van der Waals surface area contributed by atoms with E-state index in [1.807, 2.05) is 54.6 Å². The zero-order valence-corrected chi connectivity index (χ0v) is 17.9. The number of carbonyl (C=O) groups is 1. The average molecular weight is 448 g/mol. The molecule has 2 saturated heterocycles. The maximum absolute atomic E-state index is 14.1. The summed E-state index contributed by atoms with van der Waals surface area (Å²) in [5.41, 5.74) is 0.371. The second kappa shape index (κ2) is 9.50. The molecule has 8 heteroatoms. The molecule has 0 bridgehead atoms. The first kappa shape index (κ1) is 22.6. The molecule has 2 heterocycles. The van der Waals surface area contributed by atoms with E-state index in [2.05, 4.69) is 10.2 Å². The van der Waals surface area contributed by atoms with Crippen molar-refractivity contribution in [1.29, 1.82) is 0 Å². The average Bonchev–Trinajstić information content (AvgIpc) is 3.24. The molecule has 1 amide bonds. The predicted molar refractivity (Wildman–Crippen MR) is 116 cm³/mol. The van der Waals surface area contributed by atoms with E-state index in [1.54, 1.807) is 4.90 Å². The van der Waals surface area contributed by atoms with Crippen LogP contribution in [0.5, 0.6) is 0 Å². The van der Waals surface area contributed by atoms with Crippen molar-refractivity contribution in [2.45, 2.75) is 25.7 Å². The Hall–Kier alpha value is -2.58. The molecule has 1 atom stereocenters. The second-order valence-electron chi connectivity index (χ2n) is 8.47. The quantitative estimate of drug-likeness (QED) is 0.735. The number of alkyl halides is 3. The zero-order chi connectivity index (χ0) is 22.6. The van der Waals surface area contributed by atoms with Gasteiger partial charge in [0.15, 0.2) is 5.41 Å². The van der Waals surface area contributed by atoms with Gasteiger partial charge in [0.05, 0.1) is 13.2 Å². The molecule has 0 aromatic heterocycles. The van der Waals surface area contributed by atoms with E-state index in [1.165, 1.54) is 0 Å². The van der Waals surface area contributed by atoms with Crippen LogP contribution in [0.25, 0.3) is 0 Å². The number of likely N-dealkylation sites (tertiary alicyclic amines) is 1. The fraction of sp³-hybridized carbons (Fsp3) is 0.458. The van der Waals surface area contributed by atoms with Crippen LogP contribution in [-0.4, -0.2) is 56.4 Å². The third-order valence-electron chi connectivity index (χ3n) is 6.34. The summed E-state index contributed by atoms with van der Waals surface area (Å²) >= 11 is 0. The molecule has 1 N–H and O–H groups in total. The second-order valence-corrected chi connectivity index (χ2v) is 8.47. The van der Waals surface area contributed by atoms with Crippen LogP contribution < -0.4 is 10.2 Å². The molecule has 32 heavy (non-hydrogen) atoms. The van der Waals surface area contributed by atoms with E-state index < -0.39 is 17.5 Å². The van der Waals surface area contributed by atoms with Crippen molar-refractivity contribution in [2.24, 2.45) is 5.41 Å². The van der Waals surface area contributed by atoms with Crippen LogP contribution >= 0.6 is 0 Å². The Labute approximate surface area is 186 Å². The first-order valence-corrected chi connectivity index (χ1v) is 10.9. The summed E-state index contributed by atoms with van der Waals surface area (Å²) in [6.07, 6.45) is -4.84. The smallest absolute Gasteiger partial charge is 0.378 e. The van der Waals surface area contributed by atoms with Gasteiger partial charge in [-0.05, 0) is 36.2 Å². The van der Waals surface area contributed by atoms with E-state index in [9.17, 15) is 18.0 Å². The summed E-state index contributed by atoms with van der Waals surface area (Å²) in [5, 5.41) is 2.55. The lowest BCUT2D eigenvalue weighted by molar-refractivity contribution is -0.218. The molecule has 2 aliphatic rings. The molecule has 4 rings (SSSR count). The van der Waals surface area contributed by atoms with Gasteiger partial charge >= 0.3 is 6.18 Å². The number of halogens is 3. The number of anilines is 1. The van der Waals surface area contributed by atoms with Gasteiger partial charge in [-0.25, -0.2) is 0 Å².